The van der Waals surface area contributed by atoms with Gasteiger partial charge in [0.05, 0.1) is 25.9 Å². The Bertz CT molecular complexity index is 493. The van der Waals surface area contributed by atoms with Gasteiger partial charge in [-0.1, -0.05) is 19.3 Å². The van der Waals surface area contributed by atoms with Crippen LogP contribution in [0.3, 0.4) is 0 Å². The van der Waals surface area contributed by atoms with Crippen LogP contribution >= 0.6 is 0 Å². The molecule has 2 saturated carbocycles. The van der Waals surface area contributed by atoms with Crippen molar-refractivity contribution in [1.82, 2.24) is 10.2 Å². The van der Waals surface area contributed by atoms with Crippen molar-refractivity contribution in [3.8, 4) is 0 Å². The van der Waals surface area contributed by atoms with Gasteiger partial charge in [0.15, 0.2) is 5.96 Å². The van der Waals surface area contributed by atoms with Gasteiger partial charge in [-0.3, -0.25) is 4.99 Å². The number of likely N-dealkylation sites (tertiary alicyclic amines) is 1. The van der Waals surface area contributed by atoms with Crippen molar-refractivity contribution < 1.29 is 14.2 Å². The van der Waals surface area contributed by atoms with E-state index in [9.17, 15) is 0 Å². The van der Waals surface area contributed by atoms with Gasteiger partial charge >= 0.3 is 0 Å². The Kier molecular flexibility index (Phi) is 8.42. The number of rotatable bonds is 9. The van der Waals surface area contributed by atoms with Gasteiger partial charge in [-0.2, -0.15) is 0 Å². The third kappa shape index (κ3) is 5.00. The lowest BCUT2D eigenvalue weighted by Crippen LogP contribution is -2.66. The summed E-state index contributed by atoms with van der Waals surface area (Å²) >= 11 is 0. The van der Waals surface area contributed by atoms with E-state index in [2.05, 4.69) is 24.1 Å². The summed E-state index contributed by atoms with van der Waals surface area (Å²) in [4.78, 5) is 7.29. The largest absolute Gasteiger partial charge is 0.382 e. The summed E-state index contributed by atoms with van der Waals surface area (Å²) in [5.74, 6) is 1.69. The van der Waals surface area contributed by atoms with Gasteiger partial charge in [0, 0.05) is 50.7 Å². The van der Waals surface area contributed by atoms with E-state index in [4.69, 9.17) is 19.2 Å². The van der Waals surface area contributed by atoms with E-state index in [1.54, 1.807) is 7.11 Å². The summed E-state index contributed by atoms with van der Waals surface area (Å²) in [7, 11) is 1.72. The number of guanidine groups is 1. The predicted molar refractivity (Wildman–Crippen MR) is 113 cm³/mol. The molecule has 3 rings (SSSR count). The molecular weight excluding hydrogens is 354 g/mol. The molecule has 3 aliphatic rings. The SMILES string of the molecule is CCN=C(NC1CC(OCC)C12CCCCC2)N1CCC(COCCOC)C1. The second kappa shape index (κ2) is 10.8. The lowest BCUT2D eigenvalue weighted by atomic mass is 9.55. The zero-order chi connectivity index (χ0) is 19.8. The Hall–Kier alpha value is -0.850. The maximum absolute atomic E-state index is 6.13. The molecule has 1 spiro atoms. The molecule has 1 aliphatic heterocycles. The highest BCUT2D eigenvalue weighted by Crippen LogP contribution is 2.53. The van der Waals surface area contributed by atoms with Gasteiger partial charge in [-0.15, -0.1) is 0 Å². The minimum absolute atomic E-state index is 0.325. The number of nitrogens with one attached hydrogen (secondary N) is 1. The number of aliphatic imine (C=N–C) groups is 1. The van der Waals surface area contributed by atoms with Crippen LogP contribution in [0.15, 0.2) is 4.99 Å². The molecule has 0 amide bonds. The first-order valence-electron chi connectivity index (χ1n) is 11.5. The average Bonchev–Trinajstić information content (AvgIpc) is 3.19. The van der Waals surface area contributed by atoms with E-state index in [0.29, 0.717) is 36.7 Å². The second-order valence-electron chi connectivity index (χ2n) is 8.64. The van der Waals surface area contributed by atoms with Gasteiger partial charge in [0.1, 0.15) is 0 Å². The van der Waals surface area contributed by atoms with Gasteiger partial charge in [0.2, 0.25) is 0 Å². The quantitative estimate of drug-likeness (QED) is 0.369. The lowest BCUT2D eigenvalue weighted by Gasteiger charge is -2.58. The standard InChI is InChI=1S/C22H41N3O3/c1-4-23-21(25-12-9-18(16-25)17-27-14-13-26-3)24-19-15-20(28-5-2)22(19)10-7-6-8-11-22/h18-20H,4-17H2,1-3H3,(H,23,24). The second-order valence-corrected chi connectivity index (χ2v) is 8.64. The minimum Gasteiger partial charge on any atom is -0.382 e. The fourth-order valence-corrected chi connectivity index (χ4v) is 5.36. The fourth-order valence-electron chi connectivity index (χ4n) is 5.36. The molecule has 0 radical (unpaired) electrons. The molecule has 1 saturated heterocycles. The molecule has 1 N–H and O–H groups in total. The third-order valence-electron chi connectivity index (χ3n) is 6.92. The molecule has 0 aromatic carbocycles. The number of hydrogen-bond acceptors (Lipinski definition) is 4. The number of ether oxygens (including phenoxy) is 3. The number of hydrogen-bond donors (Lipinski definition) is 1. The van der Waals surface area contributed by atoms with Gasteiger partial charge in [-0.05, 0) is 39.5 Å². The van der Waals surface area contributed by atoms with Gasteiger partial charge in [-0.25, -0.2) is 0 Å². The maximum atomic E-state index is 6.13. The van der Waals surface area contributed by atoms with E-state index >= 15 is 0 Å². The molecule has 0 aromatic rings. The average molecular weight is 396 g/mol. The molecule has 28 heavy (non-hydrogen) atoms. The van der Waals surface area contributed by atoms with Crippen LogP contribution in [0, 0.1) is 11.3 Å². The molecule has 1 heterocycles. The van der Waals surface area contributed by atoms with Crippen LogP contribution in [0.4, 0.5) is 0 Å². The zero-order valence-electron chi connectivity index (χ0n) is 18.3. The Morgan fingerprint density at radius 3 is 2.71 bits per heavy atom. The van der Waals surface area contributed by atoms with Crippen LogP contribution in [-0.4, -0.2) is 76.2 Å². The molecule has 3 fully saturated rings. The van der Waals surface area contributed by atoms with Gasteiger partial charge < -0.3 is 24.4 Å². The van der Waals surface area contributed by atoms with Crippen LogP contribution in [0.5, 0.6) is 0 Å². The van der Waals surface area contributed by atoms with Crippen LogP contribution in [0.2, 0.25) is 0 Å². The van der Waals surface area contributed by atoms with E-state index in [-0.39, 0.29) is 0 Å². The van der Waals surface area contributed by atoms with Crippen LogP contribution in [-0.2, 0) is 14.2 Å². The molecule has 2 aliphatic carbocycles. The summed E-state index contributed by atoms with van der Waals surface area (Å²) in [6, 6.07) is 0.506. The molecule has 3 unspecified atom stereocenters. The highest BCUT2D eigenvalue weighted by molar-refractivity contribution is 5.81. The first-order chi connectivity index (χ1) is 13.7. The normalized spacial score (nSPS) is 29.9. The van der Waals surface area contributed by atoms with E-state index < -0.39 is 0 Å². The summed E-state index contributed by atoms with van der Waals surface area (Å²) in [6.45, 7) is 10.2. The van der Waals surface area contributed by atoms with Crippen molar-refractivity contribution in [2.45, 2.75) is 70.9 Å². The molecule has 6 heteroatoms. The summed E-state index contributed by atoms with van der Waals surface area (Å²) in [5.41, 5.74) is 0.325. The fraction of sp³-hybridized carbons (Fsp3) is 0.955. The van der Waals surface area contributed by atoms with Crippen molar-refractivity contribution in [3.63, 3.8) is 0 Å². The van der Waals surface area contributed by atoms with E-state index in [0.717, 1.165) is 45.2 Å². The van der Waals surface area contributed by atoms with Crippen molar-refractivity contribution in [3.05, 3.63) is 0 Å². The minimum atomic E-state index is 0.325. The van der Waals surface area contributed by atoms with Crippen LogP contribution < -0.4 is 5.32 Å². The smallest absolute Gasteiger partial charge is 0.194 e. The number of methoxy groups -OCH3 is 1. The molecular formula is C22H41N3O3. The van der Waals surface area contributed by atoms with Crippen molar-refractivity contribution in [2.24, 2.45) is 16.3 Å². The Labute approximate surface area is 171 Å². The van der Waals surface area contributed by atoms with Crippen molar-refractivity contribution in [2.75, 3.05) is 53.2 Å². The Balaban J connectivity index is 1.55. The third-order valence-corrected chi connectivity index (χ3v) is 6.92. The zero-order valence-corrected chi connectivity index (χ0v) is 18.3. The highest BCUT2D eigenvalue weighted by atomic mass is 16.5. The molecule has 0 bridgehead atoms. The Morgan fingerprint density at radius 2 is 2.00 bits per heavy atom. The van der Waals surface area contributed by atoms with Gasteiger partial charge in [0.25, 0.3) is 0 Å². The van der Waals surface area contributed by atoms with Crippen molar-refractivity contribution in [1.29, 1.82) is 0 Å². The highest BCUT2D eigenvalue weighted by Gasteiger charge is 2.56. The monoisotopic (exact) mass is 395 g/mol. The topological polar surface area (TPSA) is 55.3 Å². The van der Waals surface area contributed by atoms with Crippen LogP contribution in [0.25, 0.3) is 0 Å². The Morgan fingerprint density at radius 1 is 1.18 bits per heavy atom. The first-order valence-corrected chi connectivity index (χ1v) is 11.5. The number of nitrogens with zero attached hydrogens (tertiary/aromatic N) is 2. The summed E-state index contributed by atoms with van der Waals surface area (Å²) in [5, 5.41) is 3.88. The molecule has 6 nitrogen and oxygen atoms in total. The van der Waals surface area contributed by atoms with E-state index in [1.165, 1.54) is 38.5 Å². The predicted octanol–water partition coefficient (Wildman–Crippen LogP) is 3.06. The summed E-state index contributed by atoms with van der Waals surface area (Å²) in [6.07, 6.45) is 9.37. The molecule has 0 aromatic heterocycles. The molecule has 3 atom stereocenters. The molecule has 162 valence electrons. The lowest BCUT2D eigenvalue weighted by molar-refractivity contribution is -0.146. The summed E-state index contributed by atoms with van der Waals surface area (Å²) < 4.78 is 17.0. The maximum Gasteiger partial charge on any atom is 0.194 e. The van der Waals surface area contributed by atoms with Crippen LogP contribution in [0.1, 0.15) is 58.8 Å². The van der Waals surface area contributed by atoms with Crippen molar-refractivity contribution >= 4 is 5.96 Å². The first kappa shape index (κ1) is 21.8. The van der Waals surface area contributed by atoms with E-state index in [1.807, 2.05) is 0 Å².